The van der Waals surface area contributed by atoms with Gasteiger partial charge in [0.25, 0.3) is 0 Å². The van der Waals surface area contributed by atoms with Gasteiger partial charge in [-0.2, -0.15) is 0 Å². The van der Waals surface area contributed by atoms with Crippen LogP contribution >= 0.6 is 31.9 Å². The maximum absolute atomic E-state index is 5.83. The Bertz CT molecular complexity index is 344. The summed E-state index contributed by atoms with van der Waals surface area (Å²) in [6.07, 6.45) is 0.0710. The minimum absolute atomic E-state index is 0.0710. The van der Waals surface area contributed by atoms with Crippen molar-refractivity contribution in [2.45, 2.75) is 32.5 Å². The topological polar surface area (TPSA) is 18.5 Å². The number of hydrogen-bond donors (Lipinski definition) is 0. The van der Waals surface area contributed by atoms with Crippen LogP contribution in [-0.2, 0) is 9.47 Å². The van der Waals surface area contributed by atoms with Gasteiger partial charge in [-0.25, -0.2) is 0 Å². The van der Waals surface area contributed by atoms with Crippen LogP contribution in [0, 0.1) is 0 Å². The number of rotatable bonds is 6. The van der Waals surface area contributed by atoms with E-state index in [2.05, 4.69) is 44.0 Å². The van der Waals surface area contributed by atoms with Gasteiger partial charge in [0.2, 0.25) is 0 Å². The van der Waals surface area contributed by atoms with Crippen molar-refractivity contribution >= 4 is 31.9 Å². The Balaban J connectivity index is 2.40. The van der Waals surface area contributed by atoms with Crippen LogP contribution in [0.3, 0.4) is 0 Å². The van der Waals surface area contributed by atoms with Crippen LogP contribution in [-0.4, -0.2) is 24.1 Å². The number of ether oxygens (including phenoxy) is 2. The monoisotopic (exact) mass is 378 g/mol. The molecule has 0 aliphatic rings. The summed E-state index contributed by atoms with van der Waals surface area (Å²) in [4.78, 5) is 0. The molecule has 0 amide bonds. The average molecular weight is 380 g/mol. The van der Waals surface area contributed by atoms with E-state index in [9.17, 15) is 0 Å². The fraction of sp³-hybridized carbons (Fsp3) is 0.571. The maximum atomic E-state index is 5.83. The number of hydrogen-bond acceptors (Lipinski definition) is 2. The Morgan fingerprint density at radius 2 is 1.72 bits per heavy atom. The quantitative estimate of drug-likeness (QED) is 0.526. The fourth-order valence-corrected chi connectivity index (χ4v) is 2.27. The minimum atomic E-state index is -0.106. The van der Waals surface area contributed by atoms with E-state index in [-0.39, 0.29) is 11.7 Å². The van der Waals surface area contributed by atoms with E-state index in [4.69, 9.17) is 9.47 Å². The second-order valence-electron chi connectivity index (χ2n) is 5.03. The Morgan fingerprint density at radius 3 is 2.22 bits per heavy atom. The van der Waals surface area contributed by atoms with Crippen LogP contribution in [0.25, 0.3) is 0 Å². The SMILES string of the molecule is CC(C)(C)OCCOC(CBr)c1ccc(Br)cc1. The summed E-state index contributed by atoms with van der Waals surface area (Å²) in [5.41, 5.74) is 1.07. The predicted octanol–water partition coefficient (Wildman–Crippen LogP) is 4.72. The Labute approximate surface area is 126 Å². The zero-order valence-electron chi connectivity index (χ0n) is 11.1. The van der Waals surface area contributed by atoms with Gasteiger partial charge in [0.15, 0.2) is 0 Å². The lowest BCUT2D eigenvalue weighted by molar-refractivity contribution is -0.0480. The molecule has 0 aromatic heterocycles. The van der Waals surface area contributed by atoms with Crippen molar-refractivity contribution in [2.75, 3.05) is 18.5 Å². The van der Waals surface area contributed by atoms with Crippen LogP contribution in [0.4, 0.5) is 0 Å². The van der Waals surface area contributed by atoms with E-state index < -0.39 is 0 Å². The molecule has 18 heavy (non-hydrogen) atoms. The summed E-state index contributed by atoms with van der Waals surface area (Å²) in [6.45, 7) is 7.35. The van der Waals surface area contributed by atoms with Gasteiger partial charge in [-0.1, -0.05) is 44.0 Å². The molecule has 0 heterocycles. The highest BCUT2D eigenvalue weighted by Gasteiger charge is 2.12. The van der Waals surface area contributed by atoms with Crippen LogP contribution in [0.5, 0.6) is 0 Å². The molecule has 0 aliphatic carbocycles. The van der Waals surface area contributed by atoms with Crippen molar-refractivity contribution in [3.63, 3.8) is 0 Å². The molecule has 0 radical (unpaired) electrons. The third-order valence-corrected chi connectivity index (χ3v) is 3.44. The second kappa shape index (κ2) is 7.63. The van der Waals surface area contributed by atoms with E-state index in [1.54, 1.807) is 0 Å². The predicted molar refractivity (Wildman–Crippen MR) is 82.3 cm³/mol. The molecule has 0 N–H and O–H groups in total. The maximum Gasteiger partial charge on any atom is 0.0922 e. The third-order valence-electron chi connectivity index (χ3n) is 2.32. The second-order valence-corrected chi connectivity index (χ2v) is 6.59. The first-order chi connectivity index (χ1) is 8.42. The van der Waals surface area contributed by atoms with Crippen LogP contribution in [0.2, 0.25) is 0 Å². The largest absolute Gasteiger partial charge is 0.373 e. The zero-order chi connectivity index (χ0) is 13.6. The van der Waals surface area contributed by atoms with Crippen LogP contribution in [0.1, 0.15) is 32.4 Å². The summed E-state index contributed by atoms with van der Waals surface area (Å²) in [5.74, 6) is 0. The van der Waals surface area contributed by atoms with Crippen molar-refractivity contribution in [2.24, 2.45) is 0 Å². The summed E-state index contributed by atoms with van der Waals surface area (Å²) in [6, 6.07) is 8.20. The first kappa shape index (κ1) is 16.2. The highest BCUT2D eigenvalue weighted by molar-refractivity contribution is 9.10. The highest BCUT2D eigenvalue weighted by Crippen LogP contribution is 2.22. The highest BCUT2D eigenvalue weighted by atomic mass is 79.9. The molecule has 1 aromatic rings. The molecule has 1 aromatic carbocycles. The lowest BCUT2D eigenvalue weighted by atomic mass is 10.1. The number of benzene rings is 1. The molecule has 4 heteroatoms. The molecule has 1 atom stereocenters. The molecule has 1 unspecified atom stereocenters. The molecule has 102 valence electrons. The molecular weight excluding hydrogens is 360 g/mol. The van der Waals surface area contributed by atoms with E-state index in [1.165, 1.54) is 5.56 Å². The van der Waals surface area contributed by atoms with Gasteiger partial charge in [0, 0.05) is 9.80 Å². The minimum Gasteiger partial charge on any atom is -0.373 e. The van der Waals surface area contributed by atoms with Gasteiger partial charge >= 0.3 is 0 Å². The lowest BCUT2D eigenvalue weighted by Crippen LogP contribution is -2.22. The Hall–Kier alpha value is 0.1000. The van der Waals surface area contributed by atoms with Gasteiger partial charge in [0.05, 0.1) is 24.9 Å². The van der Waals surface area contributed by atoms with E-state index in [0.29, 0.717) is 13.2 Å². The molecule has 0 fully saturated rings. The standard InChI is InChI=1S/C14H20Br2O2/c1-14(2,3)18-9-8-17-13(10-15)11-4-6-12(16)7-5-11/h4-7,13H,8-10H2,1-3H3. The van der Waals surface area contributed by atoms with E-state index in [1.807, 2.05) is 32.9 Å². The summed E-state index contributed by atoms with van der Waals surface area (Å²) < 4.78 is 12.5. The number of alkyl halides is 1. The zero-order valence-corrected chi connectivity index (χ0v) is 14.3. The first-order valence-electron chi connectivity index (χ1n) is 5.99. The van der Waals surface area contributed by atoms with Crippen LogP contribution in [0.15, 0.2) is 28.7 Å². The molecular formula is C14H20Br2O2. The molecule has 0 bridgehead atoms. The van der Waals surface area contributed by atoms with Crippen molar-refractivity contribution in [1.82, 2.24) is 0 Å². The van der Waals surface area contributed by atoms with Crippen molar-refractivity contribution in [3.8, 4) is 0 Å². The molecule has 0 saturated carbocycles. The van der Waals surface area contributed by atoms with Crippen molar-refractivity contribution < 1.29 is 9.47 Å². The first-order valence-corrected chi connectivity index (χ1v) is 7.91. The van der Waals surface area contributed by atoms with Gasteiger partial charge in [-0.15, -0.1) is 0 Å². The molecule has 0 spiro atoms. The van der Waals surface area contributed by atoms with Gasteiger partial charge in [-0.3, -0.25) is 0 Å². The van der Waals surface area contributed by atoms with Gasteiger partial charge in [-0.05, 0) is 38.5 Å². The van der Waals surface area contributed by atoms with E-state index in [0.717, 1.165) is 9.80 Å². The van der Waals surface area contributed by atoms with Crippen molar-refractivity contribution in [1.29, 1.82) is 0 Å². The Morgan fingerprint density at radius 1 is 1.11 bits per heavy atom. The lowest BCUT2D eigenvalue weighted by Gasteiger charge is -2.21. The molecule has 2 nitrogen and oxygen atoms in total. The van der Waals surface area contributed by atoms with Gasteiger partial charge in [0.1, 0.15) is 0 Å². The summed E-state index contributed by atoms with van der Waals surface area (Å²) >= 11 is 6.91. The average Bonchev–Trinajstić information content (AvgIpc) is 2.29. The summed E-state index contributed by atoms with van der Waals surface area (Å²) in [7, 11) is 0. The van der Waals surface area contributed by atoms with Crippen LogP contribution < -0.4 is 0 Å². The fourth-order valence-electron chi connectivity index (χ4n) is 1.45. The third kappa shape index (κ3) is 6.32. The Kier molecular flexibility index (Phi) is 6.85. The normalized spacial score (nSPS) is 13.6. The smallest absolute Gasteiger partial charge is 0.0922 e. The van der Waals surface area contributed by atoms with E-state index >= 15 is 0 Å². The molecule has 0 saturated heterocycles. The molecule has 0 aliphatic heterocycles. The van der Waals surface area contributed by atoms with Crippen molar-refractivity contribution in [3.05, 3.63) is 34.3 Å². The number of halogens is 2. The molecule has 1 rings (SSSR count). The summed E-state index contributed by atoms with van der Waals surface area (Å²) in [5, 5.41) is 0.782. The van der Waals surface area contributed by atoms with Gasteiger partial charge < -0.3 is 9.47 Å².